The number of nitrogens with zero attached hydrogens (tertiary/aromatic N) is 1. The van der Waals surface area contributed by atoms with Crippen LogP contribution in [-0.4, -0.2) is 64.1 Å². The minimum absolute atomic E-state index is 0.278. The van der Waals surface area contributed by atoms with Gasteiger partial charge in [0.15, 0.2) is 0 Å². The van der Waals surface area contributed by atoms with E-state index in [-0.39, 0.29) is 5.41 Å². The van der Waals surface area contributed by atoms with Crippen LogP contribution < -0.4 is 5.32 Å². The van der Waals surface area contributed by atoms with Gasteiger partial charge in [0.25, 0.3) is 0 Å². The van der Waals surface area contributed by atoms with Crippen LogP contribution >= 0.6 is 0 Å². The maximum absolute atomic E-state index is 5.31. The molecule has 4 nitrogen and oxygen atoms in total. The molecule has 0 aromatic rings. The van der Waals surface area contributed by atoms with Gasteiger partial charge < -0.3 is 14.8 Å². The second-order valence-corrected chi connectivity index (χ2v) is 6.47. The Labute approximate surface area is 126 Å². The third kappa shape index (κ3) is 8.20. The number of ether oxygens (including phenoxy) is 2. The van der Waals surface area contributed by atoms with Crippen molar-refractivity contribution in [3.05, 3.63) is 0 Å². The number of hydrogen-bond donors (Lipinski definition) is 1. The molecule has 0 heterocycles. The standard InChI is InChI=1S/C16H36N2O2/c1-8-16(5,12-17-14(2)3)13-18(9-10-19-6)15(4)11-20-7/h14-15,17H,8-13H2,1-7H3. The Morgan fingerprint density at radius 2 is 1.80 bits per heavy atom. The first kappa shape index (κ1) is 19.8. The minimum atomic E-state index is 0.278. The van der Waals surface area contributed by atoms with E-state index in [1.54, 1.807) is 14.2 Å². The lowest BCUT2D eigenvalue weighted by Crippen LogP contribution is -2.48. The van der Waals surface area contributed by atoms with Gasteiger partial charge in [0.2, 0.25) is 0 Å². The van der Waals surface area contributed by atoms with Crippen molar-refractivity contribution < 1.29 is 9.47 Å². The van der Waals surface area contributed by atoms with Crippen LogP contribution in [-0.2, 0) is 9.47 Å². The molecule has 0 amide bonds. The SMILES string of the molecule is CCC(C)(CNC(C)C)CN(CCOC)C(C)COC. The third-order valence-corrected chi connectivity index (χ3v) is 3.99. The maximum atomic E-state index is 5.31. The molecule has 4 heteroatoms. The summed E-state index contributed by atoms with van der Waals surface area (Å²) in [7, 11) is 3.53. The van der Waals surface area contributed by atoms with E-state index in [0.717, 1.165) is 39.3 Å². The summed E-state index contributed by atoms with van der Waals surface area (Å²) in [6, 6.07) is 0.949. The Morgan fingerprint density at radius 1 is 1.15 bits per heavy atom. The first-order valence-corrected chi connectivity index (χ1v) is 7.83. The Bertz CT molecular complexity index is 237. The first-order chi connectivity index (χ1) is 9.38. The summed E-state index contributed by atoms with van der Waals surface area (Å²) < 4.78 is 10.6. The van der Waals surface area contributed by atoms with Crippen LogP contribution in [0, 0.1) is 5.41 Å². The fraction of sp³-hybridized carbons (Fsp3) is 1.00. The molecular formula is C16H36N2O2. The van der Waals surface area contributed by atoms with Gasteiger partial charge in [0.05, 0.1) is 13.2 Å². The summed E-state index contributed by atoms with van der Waals surface area (Å²) in [5.74, 6) is 0. The molecule has 0 aromatic heterocycles. The molecular weight excluding hydrogens is 252 g/mol. The lowest BCUT2D eigenvalue weighted by atomic mass is 9.86. The van der Waals surface area contributed by atoms with E-state index in [9.17, 15) is 0 Å². The molecule has 2 atom stereocenters. The Kier molecular flexibility index (Phi) is 10.5. The Morgan fingerprint density at radius 3 is 2.25 bits per heavy atom. The maximum Gasteiger partial charge on any atom is 0.0615 e. The predicted octanol–water partition coefficient (Wildman–Crippen LogP) is 2.38. The summed E-state index contributed by atoms with van der Waals surface area (Å²) in [4.78, 5) is 2.48. The van der Waals surface area contributed by atoms with Crippen molar-refractivity contribution >= 4 is 0 Å². The van der Waals surface area contributed by atoms with Crippen molar-refractivity contribution in [2.75, 3.05) is 47.1 Å². The molecule has 0 fully saturated rings. The number of hydrogen-bond acceptors (Lipinski definition) is 4. The molecule has 1 N–H and O–H groups in total. The largest absolute Gasteiger partial charge is 0.383 e. The molecule has 0 radical (unpaired) electrons. The predicted molar refractivity (Wildman–Crippen MR) is 86.3 cm³/mol. The van der Waals surface area contributed by atoms with Crippen molar-refractivity contribution in [3.63, 3.8) is 0 Å². The van der Waals surface area contributed by atoms with Crippen LogP contribution in [0.4, 0.5) is 0 Å². The summed E-state index contributed by atoms with van der Waals surface area (Å²) in [6.45, 7) is 15.9. The lowest BCUT2D eigenvalue weighted by Gasteiger charge is -2.38. The van der Waals surface area contributed by atoms with Crippen LogP contribution in [0.3, 0.4) is 0 Å². The fourth-order valence-electron chi connectivity index (χ4n) is 2.24. The lowest BCUT2D eigenvalue weighted by molar-refractivity contribution is 0.0454. The minimum Gasteiger partial charge on any atom is -0.383 e. The third-order valence-electron chi connectivity index (χ3n) is 3.99. The van der Waals surface area contributed by atoms with Gasteiger partial charge in [-0.25, -0.2) is 0 Å². The van der Waals surface area contributed by atoms with E-state index in [0.29, 0.717) is 12.1 Å². The Hall–Kier alpha value is -0.160. The number of nitrogens with one attached hydrogen (secondary N) is 1. The van der Waals surface area contributed by atoms with E-state index >= 15 is 0 Å². The van der Waals surface area contributed by atoms with Gasteiger partial charge in [-0.3, -0.25) is 4.90 Å². The van der Waals surface area contributed by atoms with Crippen LogP contribution in [0.5, 0.6) is 0 Å². The molecule has 0 aliphatic heterocycles. The topological polar surface area (TPSA) is 33.7 Å². The van der Waals surface area contributed by atoms with Gasteiger partial charge in [-0.1, -0.05) is 27.7 Å². The summed E-state index contributed by atoms with van der Waals surface area (Å²) in [5, 5.41) is 3.58. The van der Waals surface area contributed by atoms with Crippen molar-refractivity contribution in [1.29, 1.82) is 0 Å². The molecule has 0 rings (SSSR count). The summed E-state index contributed by atoms with van der Waals surface area (Å²) in [6.07, 6.45) is 1.16. The van der Waals surface area contributed by atoms with Crippen LogP contribution in [0.15, 0.2) is 0 Å². The highest BCUT2D eigenvalue weighted by molar-refractivity contribution is 4.82. The van der Waals surface area contributed by atoms with E-state index in [1.807, 2.05) is 0 Å². The van der Waals surface area contributed by atoms with Crippen molar-refractivity contribution in [3.8, 4) is 0 Å². The zero-order chi connectivity index (χ0) is 15.6. The van der Waals surface area contributed by atoms with Crippen LogP contribution in [0.2, 0.25) is 0 Å². The second kappa shape index (κ2) is 10.6. The summed E-state index contributed by atoms with van der Waals surface area (Å²) in [5.41, 5.74) is 0.278. The molecule has 122 valence electrons. The number of rotatable bonds is 12. The first-order valence-electron chi connectivity index (χ1n) is 7.83. The molecule has 0 saturated heterocycles. The van der Waals surface area contributed by atoms with E-state index < -0.39 is 0 Å². The average Bonchev–Trinajstić information content (AvgIpc) is 2.41. The van der Waals surface area contributed by atoms with Gasteiger partial charge >= 0.3 is 0 Å². The second-order valence-electron chi connectivity index (χ2n) is 6.47. The van der Waals surface area contributed by atoms with E-state index in [1.165, 1.54) is 0 Å². The quantitative estimate of drug-likeness (QED) is 0.598. The zero-order valence-corrected chi connectivity index (χ0v) is 14.7. The van der Waals surface area contributed by atoms with E-state index in [4.69, 9.17) is 9.47 Å². The molecule has 0 aliphatic carbocycles. The van der Waals surface area contributed by atoms with Crippen molar-refractivity contribution in [2.24, 2.45) is 5.41 Å². The fourth-order valence-corrected chi connectivity index (χ4v) is 2.24. The normalized spacial score (nSPS) is 16.6. The number of methoxy groups -OCH3 is 2. The zero-order valence-electron chi connectivity index (χ0n) is 14.7. The summed E-state index contributed by atoms with van der Waals surface area (Å²) >= 11 is 0. The van der Waals surface area contributed by atoms with Crippen molar-refractivity contribution in [1.82, 2.24) is 10.2 Å². The molecule has 0 bridgehead atoms. The molecule has 0 saturated carbocycles. The van der Waals surface area contributed by atoms with Crippen LogP contribution in [0.1, 0.15) is 41.0 Å². The molecule has 0 aliphatic rings. The van der Waals surface area contributed by atoms with Gasteiger partial charge in [-0.05, 0) is 18.8 Å². The van der Waals surface area contributed by atoms with Gasteiger partial charge in [-0.2, -0.15) is 0 Å². The smallest absolute Gasteiger partial charge is 0.0615 e. The van der Waals surface area contributed by atoms with Crippen LogP contribution in [0.25, 0.3) is 0 Å². The van der Waals surface area contributed by atoms with E-state index in [2.05, 4.69) is 44.8 Å². The average molecular weight is 288 g/mol. The monoisotopic (exact) mass is 288 g/mol. The van der Waals surface area contributed by atoms with Crippen molar-refractivity contribution in [2.45, 2.75) is 53.1 Å². The molecule has 0 spiro atoms. The highest BCUT2D eigenvalue weighted by atomic mass is 16.5. The highest BCUT2D eigenvalue weighted by Crippen LogP contribution is 2.23. The van der Waals surface area contributed by atoms with Gasteiger partial charge in [0, 0.05) is 45.9 Å². The van der Waals surface area contributed by atoms with Gasteiger partial charge in [-0.15, -0.1) is 0 Å². The Balaban J connectivity index is 4.62. The molecule has 20 heavy (non-hydrogen) atoms. The molecule has 2 unspecified atom stereocenters. The van der Waals surface area contributed by atoms with Gasteiger partial charge in [0.1, 0.15) is 0 Å². The highest BCUT2D eigenvalue weighted by Gasteiger charge is 2.27. The molecule has 0 aromatic carbocycles.